The van der Waals surface area contributed by atoms with Gasteiger partial charge in [-0.2, -0.15) is 0 Å². The van der Waals surface area contributed by atoms with Gasteiger partial charge in [0, 0.05) is 38.8 Å². The smallest absolute Gasteiger partial charge is 0.277 e. The standard InChI is InChI=1S/C31H21ClF2N4O2S2/c32-23-10-8-22(9-11-23)29-36-38-31(40-29)42-18-20-7-13-27(34)25(17-20)24-16-19(6-12-26(24)33)14-15-41-30-37-35-28(39-30)21-4-2-1-3-5-21/h1-13,16-17H,14-15,18H2. The summed E-state index contributed by atoms with van der Waals surface area (Å²) in [5.41, 5.74) is 3.65. The van der Waals surface area contributed by atoms with Gasteiger partial charge < -0.3 is 8.83 Å². The number of hydrogen-bond donors (Lipinski definition) is 0. The number of aryl methyl sites for hydroxylation is 1. The van der Waals surface area contributed by atoms with Gasteiger partial charge in [0.15, 0.2) is 0 Å². The van der Waals surface area contributed by atoms with Crippen molar-refractivity contribution in [3.63, 3.8) is 0 Å². The van der Waals surface area contributed by atoms with E-state index >= 15 is 0 Å². The van der Waals surface area contributed by atoms with Crippen molar-refractivity contribution in [1.29, 1.82) is 0 Å². The SMILES string of the molecule is Fc1ccc(CCSc2nnc(-c3ccccc3)o2)cc1-c1cc(CSc2nnc(-c3ccc(Cl)cc3)o2)ccc1F. The lowest BCUT2D eigenvalue weighted by atomic mass is 9.99. The van der Waals surface area contributed by atoms with Gasteiger partial charge in [-0.05, 0) is 78.2 Å². The van der Waals surface area contributed by atoms with Crippen LogP contribution in [0.15, 0.2) is 110 Å². The van der Waals surface area contributed by atoms with E-state index in [1.807, 2.05) is 30.3 Å². The maximum absolute atomic E-state index is 14.9. The number of nitrogens with zero attached hydrogens (tertiary/aromatic N) is 4. The molecule has 0 aliphatic carbocycles. The van der Waals surface area contributed by atoms with E-state index in [0.29, 0.717) is 45.2 Å². The molecule has 0 radical (unpaired) electrons. The van der Waals surface area contributed by atoms with Gasteiger partial charge in [0.2, 0.25) is 11.8 Å². The van der Waals surface area contributed by atoms with Crippen LogP contribution in [0.25, 0.3) is 34.0 Å². The zero-order valence-corrected chi connectivity index (χ0v) is 24.2. The molecule has 0 aliphatic heterocycles. The minimum Gasteiger partial charge on any atom is -0.411 e. The zero-order valence-electron chi connectivity index (χ0n) is 21.8. The van der Waals surface area contributed by atoms with Gasteiger partial charge >= 0.3 is 0 Å². The lowest BCUT2D eigenvalue weighted by Gasteiger charge is -2.10. The molecular weight excluding hydrogens is 598 g/mol. The van der Waals surface area contributed by atoms with E-state index in [1.165, 1.54) is 35.7 Å². The highest BCUT2D eigenvalue weighted by molar-refractivity contribution is 7.99. The highest BCUT2D eigenvalue weighted by Gasteiger charge is 2.15. The van der Waals surface area contributed by atoms with Gasteiger partial charge in [-0.3, -0.25) is 0 Å². The van der Waals surface area contributed by atoms with Crippen LogP contribution in [-0.4, -0.2) is 26.1 Å². The average Bonchev–Trinajstić information content (AvgIpc) is 3.69. The Kier molecular flexibility index (Phi) is 8.64. The number of hydrogen-bond acceptors (Lipinski definition) is 8. The Balaban J connectivity index is 1.11. The topological polar surface area (TPSA) is 77.8 Å². The molecule has 0 amide bonds. The molecule has 2 heterocycles. The monoisotopic (exact) mass is 618 g/mol. The van der Waals surface area contributed by atoms with E-state index in [-0.39, 0.29) is 11.1 Å². The van der Waals surface area contributed by atoms with Crippen molar-refractivity contribution in [3.8, 4) is 34.0 Å². The van der Waals surface area contributed by atoms with E-state index in [2.05, 4.69) is 20.4 Å². The van der Waals surface area contributed by atoms with Crippen LogP contribution in [0.4, 0.5) is 8.78 Å². The summed E-state index contributed by atoms with van der Waals surface area (Å²) in [7, 11) is 0. The summed E-state index contributed by atoms with van der Waals surface area (Å²) >= 11 is 8.67. The van der Waals surface area contributed by atoms with Gasteiger partial charge in [-0.1, -0.05) is 65.5 Å². The fourth-order valence-electron chi connectivity index (χ4n) is 4.15. The normalized spacial score (nSPS) is 11.2. The molecular formula is C31H21ClF2N4O2S2. The van der Waals surface area contributed by atoms with E-state index in [4.69, 9.17) is 20.4 Å². The molecule has 6 rings (SSSR count). The molecule has 0 unspecified atom stereocenters. The fraction of sp³-hybridized carbons (Fsp3) is 0.0968. The number of thioether (sulfide) groups is 2. The molecule has 0 fully saturated rings. The van der Waals surface area contributed by atoms with Crippen molar-refractivity contribution >= 4 is 35.1 Å². The van der Waals surface area contributed by atoms with Crippen LogP contribution in [0.1, 0.15) is 11.1 Å². The maximum atomic E-state index is 14.9. The predicted molar refractivity (Wildman–Crippen MR) is 160 cm³/mol. The first-order valence-electron chi connectivity index (χ1n) is 12.8. The second-order valence-electron chi connectivity index (χ2n) is 9.13. The molecule has 0 saturated carbocycles. The molecule has 6 aromatic rings. The molecule has 2 aromatic heterocycles. The number of aromatic nitrogens is 4. The summed E-state index contributed by atoms with van der Waals surface area (Å²) in [5, 5.41) is 17.8. The third kappa shape index (κ3) is 6.73. The van der Waals surface area contributed by atoms with Gasteiger partial charge in [0.1, 0.15) is 11.6 Å². The Morgan fingerprint density at radius 2 is 1.19 bits per heavy atom. The minimum atomic E-state index is -0.503. The fourth-order valence-corrected chi connectivity index (χ4v) is 5.73. The molecule has 0 bridgehead atoms. The third-order valence-electron chi connectivity index (χ3n) is 6.26. The van der Waals surface area contributed by atoms with Gasteiger partial charge in [-0.15, -0.1) is 20.4 Å². The van der Waals surface area contributed by atoms with E-state index in [1.54, 1.807) is 48.5 Å². The predicted octanol–water partition coefficient (Wildman–Crippen LogP) is 9.01. The highest BCUT2D eigenvalue weighted by Crippen LogP contribution is 2.32. The average molecular weight is 619 g/mol. The third-order valence-corrected chi connectivity index (χ3v) is 8.22. The van der Waals surface area contributed by atoms with Gasteiger partial charge in [0.25, 0.3) is 10.4 Å². The molecule has 210 valence electrons. The van der Waals surface area contributed by atoms with Crippen molar-refractivity contribution in [2.45, 2.75) is 22.6 Å². The molecule has 0 aliphatic rings. The molecule has 0 N–H and O–H groups in total. The highest BCUT2D eigenvalue weighted by atomic mass is 35.5. The van der Waals surface area contributed by atoms with E-state index in [9.17, 15) is 8.78 Å². The molecule has 0 spiro atoms. The summed E-state index contributed by atoms with van der Waals surface area (Å²) in [5.74, 6) is 0.893. The lowest BCUT2D eigenvalue weighted by molar-refractivity contribution is 0.465. The van der Waals surface area contributed by atoms with Crippen LogP contribution >= 0.6 is 35.1 Å². The zero-order chi connectivity index (χ0) is 28.9. The van der Waals surface area contributed by atoms with Gasteiger partial charge in [0.05, 0.1) is 0 Å². The summed E-state index contributed by atoms with van der Waals surface area (Å²) in [6, 6.07) is 26.0. The van der Waals surface area contributed by atoms with Crippen LogP contribution in [0.5, 0.6) is 0 Å². The Hall–Kier alpha value is -3.99. The first-order valence-corrected chi connectivity index (χ1v) is 15.2. The summed E-state index contributed by atoms with van der Waals surface area (Å²) in [6.07, 6.45) is 0.602. The lowest BCUT2D eigenvalue weighted by Crippen LogP contribution is -1.95. The van der Waals surface area contributed by atoms with E-state index in [0.717, 1.165) is 22.3 Å². The number of benzene rings is 4. The number of halogens is 3. The van der Waals surface area contributed by atoms with Gasteiger partial charge in [-0.25, -0.2) is 8.78 Å². The Morgan fingerprint density at radius 3 is 1.86 bits per heavy atom. The summed E-state index contributed by atoms with van der Waals surface area (Å²) < 4.78 is 41.3. The first-order chi connectivity index (χ1) is 20.5. The maximum Gasteiger partial charge on any atom is 0.277 e. The molecule has 0 atom stereocenters. The Morgan fingerprint density at radius 1 is 0.619 bits per heavy atom. The Labute approximate surface area is 253 Å². The molecule has 11 heteroatoms. The summed E-state index contributed by atoms with van der Waals surface area (Å²) in [4.78, 5) is 0. The van der Waals surface area contributed by atoms with E-state index < -0.39 is 11.6 Å². The molecule has 4 aromatic carbocycles. The minimum absolute atomic E-state index is 0.192. The Bertz CT molecular complexity index is 1810. The van der Waals surface area contributed by atoms with Crippen molar-refractivity contribution < 1.29 is 17.6 Å². The van der Waals surface area contributed by atoms with Crippen LogP contribution in [0.2, 0.25) is 5.02 Å². The van der Waals surface area contributed by atoms with Crippen molar-refractivity contribution in [2.24, 2.45) is 0 Å². The van der Waals surface area contributed by atoms with Crippen LogP contribution in [0.3, 0.4) is 0 Å². The van der Waals surface area contributed by atoms with Crippen LogP contribution in [0, 0.1) is 11.6 Å². The van der Waals surface area contributed by atoms with Crippen molar-refractivity contribution in [1.82, 2.24) is 20.4 Å². The first kappa shape index (κ1) is 28.1. The second-order valence-corrected chi connectivity index (χ2v) is 11.5. The summed E-state index contributed by atoms with van der Waals surface area (Å²) in [6.45, 7) is 0. The second kappa shape index (κ2) is 12.9. The quantitative estimate of drug-likeness (QED) is 0.141. The van der Waals surface area contributed by atoms with Crippen LogP contribution in [-0.2, 0) is 12.2 Å². The molecule has 42 heavy (non-hydrogen) atoms. The van der Waals surface area contributed by atoms with Crippen molar-refractivity contribution in [2.75, 3.05) is 5.75 Å². The van der Waals surface area contributed by atoms with Crippen LogP contribution < -0.4 is 0 Å². The molecule has 0 saturated heterocycles. The largest absolute Gasteiger partial charge is 0.411 e. The number of rotatable bonds is 10. The molecule has 6 nitrogen and oxygen atoms in total. The van der Waals surface area contributed by atoms with Crippen molar-refractivity contribution in [3.05, 3.63) is 119 Å².